The van der Waals surface area contributed by atoms with Crippen LogP contribution in [0.1, 0.15) is 103 Å². The topological polar surface area (TPSA) is 0 Å². The van der Waals surface area contributed by atoms with Gasteiger partial charge >= 0.3 is 0 Å². The van der Waals surface area contributed by atoms with Crippen molar-refractivity contribution in [3.05, 3.63) is 191 Å². The van der Waals surface area contributed by atoms with E-state index < -0.39 is 0 Å². The van der Waals surface area contributed by atoms with E-state index in [0.717, 1.165) is 0 Å². The van der Waals surface area contributed by atoms with Gasteiger partial charge in [-0.3, -0.25) is 0 Å². The van der Waals surface area contributed by atoms with E-state index in [9.17, 15) is 0 Å². The molecule has 320 valence electrons. The first-order chi connectivity index (χ1) is 31.5. The van der Waals surface area contributed by atoms with E-state index in [0.29, 0.717) is 0 Å². The van der Waals surface area contributed by atoms with Crippen LogP contribution in [0.25, 0.3) is 109 Å². The van der Waals surface area contributed by atoms with Gasteiger partial charge in [0.05, 0.1) is 0 Å². The fraction of sp³-hybridized carbons (Fsp3) is 0.212. The molecule has 0 heteroatoms. The molecule has 2 aliphatic carbocycles. The Kier molecular flexibility index (Phi) is 7.79. The molecule has 0 amide bonds. The van der Waals surface area contributed by atoms with E-state index in [2.05, 4.69) is 227 Å². The molecule has 11 aromatic rings. The molecule has 0 spiro atoms. The molecule has 0 fully saturated rings. The van der Waals surface area contributed by atoms with Crippen LogP contribution in [0.5, 0.6) is 0 Å². The average Bonchev–Trinajstić information content (AvgIpc) is 3.67. The molecule has 0 saturated carbocycles. The molecule has 13 rings (SSSR count). The van der Waals surface area contributed by atoms with E-state index in [4.69, 9.17) is 0 Å². The Bertz CT molecular complexity index is 3670. The third-order valence-corrected chi connectivity index (χ3v) is 16.2. The van der Waals surface area contributed by atoms with Crippen LogP contribution in [0.4, 0.5) is 0 Å². The summed E-state index contributed by atoms with van der Waals surface area (Å²) in [5, 5.41) is 15.9. The van der Waals surface area contributed by atoms with Gasteiger partial charge in [-0.15, -0.1) is 0 Å². The lowest BCUT2D eigenvalue weighted by Gasteiger charge is -2.28. The highest BCUT2D eigenvalue weighted by atomic mass is 14.4. The van der Waals surface area contributed by atoms with Crippen molar-refractivity contribution in [2.24, 2.45) is 0 Å². The van der Waals surface area contributed by atoms with Gasteiger partial charge in [-0.2, -0.15) is 0 Å². The minimum atomic E-state index is -0.140. The van der Waals surface area contributed by atoms with Crippen molar-refractivity contribution >= 4 is 64.6 Å². The summed E-state index contributed by atoms with van der Waals surface area (Å²) >= 11 is 0. The minimum absolute atomic E-state index is 0.0594. The molecule has 0 unspecified atom stereocenters. The molecule has 0 N–H and O–H groups in total. The quantitative estimate of drug-likeness (QED) is 0.120. The Balaban J connectivity index is 1.30. The predicted molar refractivity (Wildman–Crippen MR) is 286 cm³/mol. The molecule has 11 aromatic carbocycles. The van der Waals surface area contributed by atoms with Crippen molar-refractivity contribution in [3.8, 4) is 44.5 Å². The molecule has 66 heavy (non-hydrogen) atoms. The Morgan fingerprint density at radius 3 is 1.09 bits per heavy atom. The van der Waals surface area contributed by atoms with Gasteiger partial charge in [0.15, 0.2) is 0 Å². The van der Waals surface area contributed by atoms with E-state index in [1.807, 2.05) is 0 Å². The van der Waals surface area contributed by atoms with Gasteiger partial charge in [0.25, 0.3) is 0 Å². The summed E-state index contributed by atoms with van der Waals surface area (Å²) in [6.45, 7) is 23.9. The van der Waals surface area contributed by atoms with Gasteiger partial charge in [-0.05, 0) is 190 Å². The SMILES string of the molecule is CC(C)(C)c1cc2ccc3cc(C(C)(C)C)cc4c5c(-c6ccc7c(c6)C(C)(C)c6ccccc6-7)c6cc7ccccc7cc6c(-c6ccc7c(c6)C(C)(C)c6ccccc6-7)c5c(c1)c2c34. The molecule has 0 atom stereocenters. The van der Waals surface area contributed by atoms with Gasteiger partial charge < -0.3 is 0 Å². The Labute approximate surface area is 389 Å². The van der Waals surface area contributed by atoms with Crippen LogP contribution in [0.3, 0.4) is 0 Å². The molecule has 0 radical (unpaired) electrons. The van der Waals surface area contributed by atoms with Crippen molar-refractivity contribution in [2.75, 3.05) is 0 Å². The van der Waals surface area contributed by atoms with E-state index in [-0.39, 0.29) is 21.7 Å². The second-order valence-electron chi connectivity index (χ2n) is 22.9. The summed E-state index contributed by atoms with van der Waals surface area (Å²) in [5.74, 6) is 0. The summed E-state index contributed by atoms with van der Waals surface area (Å²) in [5.41, 5.74) is 18.5. The number of hydrogen-bond donors (Lipinski definition) is 0. The maximum Gasteiger partial charge on any atom is 0.0159 e. The molecule has 0 heterocycles. The molecular weight excluding hydrogens is 793 g/mol. The molecular formula is C66H56. The number of fused-ring (bicyclic) bond motifs is 11. The first kappa shape index (κ1) is 39.6. The van der Waals surface area contributed by atoms with Crippen molar-refractivity contribution in [2.45, 2.75) is 90.9 Å². The summed E-state index contributed by atoms with van der Waals surface area (Å²) < 4.78 is 0. The number of benzene rings is 11. The normalized spacial score (nSPS) is 15.1. The van der Waals surface area contributed by atoms with Crippen molar-refractivity contribution in [1.29, 1.82) is 0 Å². The van der Waals surface area contributed by atoms with Crippen molar-refractivity contribution in [3.63, 3.8) is 0 Å². The standard InChI is InChI=1S/C66H56/c1-63(2,3)43-29-39-23-24-40-30-44(64(4,5)6)36-52-60(40)59(39)51(35-43)61-57(41-25-27-47-45-19-13-15-21-53(45)65(7,8)55(47)33-41)49-31-37-17-11-12-18-38(37)32-50(49)58(62(52)61)42-26-28-48-46-20-14-16-22-54(46)66(9,10)56(48)34-42/h11-36H,1-10H3. The lowest BCUT2D eigenvalue weighted by Crippen LogP contribution is -2.15. The van der Waals surface area contributed by atoms with E-state index in [1.54, 1.807) is 0 Å². The van der Waals surface area contributed by atoms with Crippen LogP contribution < -0.4 is 0 Å². The highest BCUT2D eigenvalue weighted by Gasteiger charge is 2.38. The van der Waals surface area contributed by atoms with Crippen molar-refractivity contribution in [1.82, 2.24) is 0 Å². The van der Waals surface area contributed by atoms with Gasteiger partial charge in [0, 0.05) is 10.8 Å². The molecule has 0 aromatic heterocycles. The average molecular weight is 849 g/mol. The van der Waals surface area contributed by atoms with Crippen LogP contribution in [-0.2, 0) is 21.7 Å². The molecule has 0 bridgehead atoms. The number of rotatable bonds is 2. The molecule has 0 saturated heterocycles. The molecule has 0 nitrogen and oxygen atoms in total. The largest absolute Gasteiger partial charge is 0.0619 e. The third-order valence-electron chi connectivity index (χ3n) is 16.2. The molecule has 0 aliphatic heterocycles. The van der Waals surface area contributed by atoms with Gasteiger partial charge in [-0.1, -0.05) is 191 Å². The highest BCUT2D eigenvalue weighted by Crippen LogP contribution is 2.57. The second kappa shape index (κ2) is 13.0. The van der Waals surface area contributed by atoms with Gasteiger partial charge in [0.2, 0.25) is 0 Å². The summed E-state index contributed by atoms with van der Waals surface area (Å²) in [6, 6.07) is 62.0. The zero-order valence-corrected chi connectivity index (χ0v) is 40.0. The number of hydrogen-bond acceptors (Lipinski definition) is 0. The van der Waals surface area contributed by atoms with Crippen LogP contribution >= 0.6 is 0 Å². The second-order valence-corrected chi connectivity index (χ2v) is 22.9. The van der Waals surface area contributed by atoms with Gasteiger partial charge in [-0.25, -0.2) is 0 Å². The summed E-state index contributed by atoms with van der Waals surface area (Å²) in [6.07, 6.45) is 0. The van der Waals surface area contributed by atoms with Gasteiger partial charge in [0.1, 0.15) is 0 Å². The first-order valence-electron chi connectivity index (χ1n) is 24.1. The Hall–Kier alpha value is -6.76. The maximum atomic E-state index is 2.58. The third kappa shape index (κ3) is 5.28. The van der Waals surface area contributed by atoms with Crippen LogP contribution in [0, 0.1) is 0 Å². The fourth-order valence-corrected chi connectivity index (χ4v) is 12.6. The van der Waals surface area contributed by atoms with Crippen LogP contribution in [0.2, 0.25) is 0 Å². The summed E-state index contributed by atoms with van der Waals surface area (Å²) in [7, 11) is 0. The highest BCUT2D eigenvalue weighted by molar-refractivity contribution is 6.41. The van der Waals surface area contributed by atoms with Crippen LogP contribution in [-0.4, -0.2) is 0 Å². The first-order valence-corrected chi connectivity index (χ1v) is 24.1. The Morgan fingerprint density at radius 1 is 0.303 bits per heavy atom. The van der Waals surface area contributed by atoms with Crippen molar-refractivity contribution < 1.29 is 0 Å². The smallest absolute Gasteiger partial charge is 0.0159 e. The van der Waals surface area contributed by atoms with Crippen LogP contribution in [0.15, 0.2) is 158 Å². The van der Waals surface area contributed by atoms with E-state index >= 15 is 0 Å². The molecule has 2 aliphatic rings. The zero-order chi connectivity index (χ0) is 45.4. The monoisotopic (exact) mass is 848 g/mol. The summed E-state index contributed by atoms with van der Waals surface area (Å²) in [4.78, 5) is 0. The maximum absolute atomic E-state index is 2.58. The Morgan fingerprint density at radius 2 is 0.682 bits per heavy atom. The predicted octanol–water partition coefficient (Wildman–Crippen LogP) is 18.6. The zero-order valence-electron chi connectivity index (χ0n) is 40.0. The van der Waals surface area contributed by atoms with E-state index in [1.165, 1.54) is 143 Å². The minimum Gasteiger partial charge on any atom is -0.0619 e. The lowest BCUT2D eigenvalue weighted by atomic mass is 9.75. The fourth-order valence-electron chi connectivity index (χ4n) is 12.6. The lowest BCUT2D eigenvalue weighted by molar-refractivity contribution is 0.591.